The Morgan fingerprint density at radius 1 is 1.36 bits per heavy atom. The van der Waals surface area contributed by atoms with E-state index >= 15 is 0 Å². The number of nitrogens with one attached hydrogen (secondary N) is 1. The van der Waals surface area contributed by atoms with E-state index in [9.17, 15) is 4.79 Å². The lowest BCUT2D eigenvalue weighted by Gasteiger charge is -2.29. The molecule has 1 aliphatic heterocycles. The van der Waals surface area contributed by atoms with Gasteiger partial charge < -0.3 is 15.0 Å². The van der Waals surface area contributed by atoms with Gasteiger partial charge in [0, 0.05) is 31.4 Å². The zero-order valence-electron chi connectivity index (χ0n) is 11.9. The molecule has 2 aromatic heterocycles. The Balaban J connectivity index is 1.68. The lowest BCUT2D eigenvalue weighted by Crippen LogP contribution is -2.37. The number of carbonyl (C=O) groups excluding carboxylic acids is 1. The Labute approximate surface area is 137 Å². The molecule has 0 unspecified atom stereocenters. The van der Waals surface area contributed by atoms with E-state index in [-0.39, 0.29) is 5.91 Å². The lowest BCUT2D eigenvalue weighted by atomic mass is 10.2. The Hall–Kier alpha value is -1.63. The molecule has 1 saturated heterocycles. The molecule has 3 heterocycles. The van der Waals surface area contributed by atoms with Crippen molar-refractivity contribution in [1.82, 2.24) is 10.3 Å². The number of thiophene rings is 1. The second-order valence-corrected chi connectivity index (χ2v) is 6.59. The maximum Gasteiger partial charge on any atom is 0.261 e. The van der Waals surface area contributed by atoms with Crippen molar-refractivity contribution in [2.24, 2.45) is 0 Å². The van der Waals surface area contributed by atoms with Crippen LogP contribution in [0.25, 0.3) is 0 Å². The van der Waals surface area contributed by atoms with Crippen LogP contribution < -0.4 is 10.2 Å². The molecule has 1 aliphatic rings. The Morgan fingerprint density at radius 2 is 2.18 bits per heavy atom. The Bertz CT molecular complexity index is 656. The van der Waals surface area contributed by atoms with E-state index in [4.69, 9.17) is 16.3 Å². The van der Waals surface area contributed by atoms with Crippen LogP contribution in [0.4, 0.5) is 5.82 Å². The quantitative estimate of drug-likeness (QED) is 0.931. The number of morpholine rings is 1. The number of rotatable bonds is 4. The monoisotopic (exact) mass is 337 g/mol. The zero-order chi connectivity index (χ0) is 15.4. The number of nitrogens with zero attached hydrogens (tertiary/aromatic N) is 2. The van der Waals surface area contributed by atoms with Crippen LogP contribution in [-0.4, -0.2) is 37.2 Å². The molecule has 0 atom stereocenters. The first-order valence-electron chi connectivity index (χ1n) is 7.04. The van der Waals surface area contributed by atoms with Crippen molar-refractivity contribution in [3.8, 4) is 0 Å². The highest BCUT2D eigenvalue weighted by Gasteiger charge is 2.16. The summed E-state index contributed by atoms with van der Waals surface area (Å²) in [6.45, 7) is 3.48. The Morgan fingerprint density at radius 3 is 2.91 bits per heavy atom. The van der Waals surface area contributed by atoms with Crippen LogP contribution in [0.1, 0.15) is 15.2 Å². The van der Waals surface area contributed by atoms with Gasteiger partial charge in [0.05, 0.1) is 22.4 Å². The molecule has 0 bridgehead atoms. The van der Waals surface area contributed by atoms with Gasteiger partial charge in [-0.2, -0.15) is 0 Å². The number of carbonyl (C=O) groups is 1. The number of amides is 1. The van der Waals surface area contributed by atoms with Gasteiger partial charge in [-0.15, -0.1) is 11.3 Å². The molecule has 0 saturated carbocycles. The molecule has 0 aromatic carbocycles. The second kappa shape index (κ2) is 7.09. The summed E-state index contributed by atoms with van der Waals surface area (Å²) in [6.07, 6.45) is 1.77. The molecular weight excluding hydrogens is 322 g/mol. The summed E-state index contributed by atoms with van der Waals surface area (Å²) in [5, 5.41) is 2.92. The van der Waals surface area contributed by atoms with Gasteiger partial charge in [-0.25, -0.2) is 4.98 Å². The van der Waals surface area contributed by atoms with Crippen LogP contribution in [0.2, 0.25) is 4.34 Å². The summed E-state index contributed by atoms with van der Waals surface area (Å²) in [7, 11) is 0. The molecule has 3 rings (SSSR count). The van der Waals surface area contributed by atoms with Gasteiger partial charge in [0.1, 0.15) is 5.82 Å². The average molecular weight is 338 g/mol. The van der Waals surface area contributed by atoms with Gasteiger partial charge in [0.25, 0.3) is 5.91 Å². The number of aromatic nitrogens is 1. The van der Waals surface area contributed by atoms with E-state index < -0.39 is 0 Å². The van der Waals surface area contributed by atoms with E-state index in [1.54, 1.807) is 18.3 Å². The fourth-order valence-electron chi connectivity index (χ4n) is 2.33. The van der Waals surface area contributed by atoms with Crippen molar-refractivity contribution < 1.29 is 9.53 Å². The molecule has 5 nitrogen and oxygen atoms in total. The summed E-state index contributed by atoms with van der Waals surface area (Å²) in [4.78, 5) is 19.4. The van der Waals surface area contributed by atoms with E-state index in [1.807, 2.05) is 12.1 Å². The van der Waals surface area contributed by atoms with Crippen molar-refractivity contribution in [3.63, 3.8) is 0 Å². The van der Waals surface area contributed by atoms with Crippen molar-refractivity contribution >= 4 is 34.7 Å². The number of ether oxygens (including phenoxy) is 1. The maximum absolute atomic E-state index is 12.1. The fraction of sp³-hybridized carbons (Fsp3) is 0.333. The fourth-order valence-corrected chi connectivity index (χ4v) is 3.29. The number of pyridine rings is 1. The molecular formula is C15H16ClN3O2S. The SMILES string of the molecule is O=C(NCc1cccnc1N1CCOCC1)c1ccc(Cl)s1. The molecule has 116 valence electrons. The van der Waals surface area contributed by atoms with Gasteiger partial charge in [-0.05, 0) is 18.2 Å². The normalized spacial score (nSPS) is 14.9. The second-order valence-electron chi connectivity index (χ2n) is 4.87. The summed E-state index contributed by atoms with van der Waals surface area (Å²) in [5.74, 6) is 0.795. The number of halogens is 1. The third-order valence-electron chi connectivity index (χ3n) is 3.41. The van der Waals surface area contributed by atoms with Crippen molar-refractivity contribution in [1.29, 1.82) is 0 Å². The molecule has 1 amide bonds. The predicted molar refractivity (Wildman–Crippen MR) is 87.8 cm³/mol. The van der Waals surface area contributed by atoms with E-state index in [1.165, 1.54) is 11.3 Å². The molecule has 0 aliphatic carbocycles. The Kier molecular flexibility index (Phi) is 4.92. The standard InChI is InChI=1S/C15H16ClN3O2S/c16-13-4-3-12(22-13)15(20)18-10-11-2-1-5-17-14(11)19-6-8-21-9-7-19/h1-5H,6-10H2,(H,18,20). The molecule has 1 N–H and O–H groups in total. The maximum atomic E-state index is 12.1. The summed E-state index contributed by atoms with van der Waals surface area (Å²) < 4.78 is 5.98. The highest BCUT2D eigenvalue weighted by molar-refractivity contribution is 7.17. The number of hydrogen-bond donors (Lipinski definition) is 1. The van der Waals surface area contributed by atoms with Gasteiger partial charge in [0.15, 0.2) is 0 Å². The molecule has 0 radical (unpaired) electrons. The predicted octanol–water partition coefficient (Wildman–Crippen LogP) is 2.56. The lowest BCUT2D eigenvalue weighted by molar-refractivity contribution is 0.0954. The highest BCUT2D eigenvalue weighted by Crippen LogP contribution is 2.22. The van der Waals surface area contributed by atoms with E-state index in [0.717, 1.165) is 24.5 Å². The first-order valence-corrected chi connectivity index (χ1v) is 8.23. The molecule has 1 fully saturated rings. The first-order chi connectivity index (χ1) is 10.7. The number of hydrogen-bond acceptors (Lipinski definition) is 5. The molecule has 22 heavy (non-hydrogen) atoms. The van der Waals surface area contributed by atoms with Crippen LogP contribution >= 0.6 is 22.9 Å². The van der Waals surface area contributed by atoms with Gasteiger partial charge in [-0.1, -0.05) is 17.7 Å². The van der Waals surface area contributed by atoms with Crippen LogP contribution in [0.15, 0.2) is 30.5 Å². The van der Waals surface area contributed by atoms with Crippen LogP contribution in [0.3, 0.4) is 0 Å². The van der Waals surface area contributed by atoms with Gasteiger partial charge in [-0.3, -0.25) is 4.79 Å². The third-order valence-corrected chi connectivity index (χ3v) is 4.64. The summed E-state index contributed by atoms with van der Waals surface area (Å²) >= 11 is 7.13. The minimum absolute atomic E-state index is 0.117. The summed E-state index contributed by atoms with van der Waals surface area (Å²) in [5.41, 5.74) is 1.00. The van der Waals surface area contributed by atoms with Gasteiger partial charge in [0.2, 0.25) is 0 Å². The molecule has 2 aromatic rings. The van der Waals surface area contributed by atoms with Gasteiger partial charge >= 0.3 is 0 Å². The zero-order valence-corrected chi connectivity index (χ0v) is 13.5. The first kappa shape index (κ1) is 15.3. The summed E-state index contributed by atoms with van der Waals surface area (Å²) in [6, 6.07) is 7.33. The van der Waals surface area contributed by atoms with Crippen molar-refractivity contribution in [3.05, 3.63) is 45.2 Å². The van der Waals surface area contributed by atoms with Crippen LogP contribution in [0.5, 0.6) is 0 Å². The smallest absolute Gasteiger partial charge is 0.261 e. The van der Waals surface area contributed by atoms with E-state index in [2.05, 4.69) is 15.2 Å². The van der Waals surface area contributed by atoms with E-state index in [0.29, 0.717) is 29.0 Å². The highest BCUT2D eigenvalue weighted by atomic mass is 35.5. The molecule has 7 heteroatoms. The number of anilines is 1. The van der Waals surface area contributed by atoms with Crippen LogP contribution in [-0.2, 0) is 11.3 Å². The third kappa shape index (κ3) is 3.58. The topological polar surface area (TPSA) is 54.5 Å². The van der Waals surface area contributed by atoms with Crippen molar-refractivity contribution in [2.75, 3.05) is 31.2 Å². The average Bonchev–Trinajstić information content (AvgIpc) is 3.00. The molecule has 0 spiro atoms. The van der Waals surface area contributed by atoms with Crippen molar-refractivity contribution in [2.45, 2.75) is 6.54 Å². The van der Waals surface area contributed by atoms with Crippen LogP contribution in [0, 0.1) is 0 Å². The minimum atomic E-state index is -0.117. The minimum Gasteiger partial charge on any atom is -0.378 e. The largest absolute Gasteiger partial charge is 0.378 e.